The minimum atomic E-state index is -0.115. The number of nitrogens with zero attached hydrogens (tertiary/aromatic N) is 2. The van der Waals surface area contributed by atoms with Gasteiger partial charge < -0.3 is 9.67 Å². The quantitative estimate of drug-likeness (QED) is 0.786. The van der Waals surface area contributed by atoms with Crippen molar-refractivity contribution in [3.8, 4) is 16.2 Å². The molecule has 3 nitrogen and oxygen atoms in total. The summed E-state index contributed by atoms with van der Waals surface area (Å²) in [6.07, 6.45) is 5.64. The third kappa shape index (κ3) is 2.23. The number of imidazole rings is 1. The average Bonchev–Trinajstić information content (AvgIpc) is 3.12. The van der Waals surface area contributed by atoms with Gasteiger partial charge in [-0.1, -0.05) is 0 Å². The van der Waals surface area contributed by atoms with Crippen LogP contribution >= 0.6 is 11.3 Å². The van der Waals surface area contributed by atoms with Gasteiger partial charge in [0.1, 0.15) is 5.75 Å². The van der Waals surface area contributed by atoms with Gasteiger partial charge in [-0.25, -0.2) is 4.98 Å². The van der Waals surface area contributed by atoms with E-state index in [0.717, 1.165) is 5.56 Å². The third-order valence-electron chi connectivity index (χ3n) is 3.51. The summed E-state index contributed by atoms with van der Waals surface area (Å²) in [5.74, 6) is 0.296. The fourth-order valence-corrected chi connectivity index (χ4v) is 3.28. The van der Waals surface area contributed by atoms with Crippen molar-refractivity contribution >= 4 is 11.3 Å². The van der Waals surface area contributed by atoms with E-state index >= 15 is 0 Å². The molecule has 0 fully saturated rings. The normalized spacial score (nSPS) is 11.7. The van der Waals surface area contributed by atoms with E-state index in [9.17, 15) is 5.11 Å². The minimum absolute atomic E-state index is 0.115. The van der Waals surface area contributed by atoms with Crippen LogP contribution in [0.25, 0.3) is 10.4 Å². The molecule has 3 rings (SSSR count). The van der Waals surface area contributed by atoms with E-state index in [-0.39, 0.29) is 5.54 Å². The number of rotatable bonds is 3. The lowest BCUT2D eigenvalue weighted by Gasteiger charge is -2.25. The molecule has 20 heavy (non-hydrogen) atoms. The molecule has 0 bridgehead atoms. The van der Waals surface area contributed by atoms with E-state index < -0.39 is 0 Å². The van der Waals surface area contributed by atoms with Crippen molar-refractivity contribution in [1.82, 2.24) is 9.55 Å². The third-order valence-corrected chi connectivity index (χ3v) is 4.96. The zero-order chi connectivity index (χ0) is 14.2. The first-order chi connectivity index (χ1) is 9.57. The average molecular weight is 284 g/mol. The monoisotopic (exact) mass is 284 g/mol. The molecular weight excluding hydrogens is 268 g/mol. The van der Waals surface area contributed by atoms with Crippen LogP contribution in [-0.2, 0) is 5.54 Å². The molecule has 0 aliphatic heterocycles. The summed E-state index contributed by atoms with van der Waals surface area (Å²) in [7, 11) is 0. The van der Waals surface area contributed by atoms with Gasteiger partial charge in [0, 0.05) is 22.1 Å². The molecule has 2 aromatic heterocycles. The summed E-state index contributed by atoms with van der Waals surface area (Å²) in [4.78, 5) is 6.61. The van der Waals surface area contributed by atoms with Crippen LogP contribution in [0.2, 0.25) is 0 Å². The molecule has 0 amide bonds. The van der Waals surface area contributed by atoms with Crippen LogP contribution in [0.3, 0.4) is 0 Å². The molecule has 0 aliphatic rings. The van der Waals surface area contributed by atoms with Crippen LogP contribution in [0.1, 0.15) is 18.7 Å². The van der Waals surface area contributed by atoms with Crippen LogP contribution in [-0.4, -0.2) is 14.7 Å². The van der Waals surface area contributed by atoms with Gasteiger partial charge in [-0.05, 0) is 55.8 Å². The molecule has 0 saturated carbocycles. The molecular formula is C16H16N2OS. The molecule has 4 heteroatoms. The van der Waals surface area contributed by atoms with E-state index in [0.29, 0.717) is 5.75 Å². The smallest absolute Gasteiger partial charge is 0.115 e. The first-order valence-electron chi connectivity index (χ1n) is 6.45. The largest absolute Gasteiger partial charge is 0.508 e. The maximum Gasteiger partial charge on any atom is 0.115 e. The first kappa shape index (κ1) is 12.9. The molecule has 0 aliphatic carbocycles. The molecule has 2 heterocycles. The second kappa shape index (κ2) is 4.80. The number of aromatic nitrogens is 2. The highest BCUT2D eigenvalue weighted by Gasteiger charge is 2.24. The Labute approximate surface area is 122 Å². The highest BCUT2D eigenvalue weighted by molar-refractivity contribution is 7.15. The molecule has 0 spiro atoms. The summed E-state index contributed by atoms with van der Waals surface area (Å²) in [6, 6.07) is 11.6. The van der Waals surface area contributed by atoms with Crippen LogP contribution < -0.4 is 0 Å². The molecule has 0 unspecified atom stereocenters. The second-order valence-electron chi connectivity index (χ2n) is 5.24. The van der Waals surface area contributed by atoms with Gasteiger partial charge in [-0.3, -0.25) is 0 Å². The standard InChI is InChI=1S/C16H16N2OS/c1-16(2,18-10-9-17-11-18)15-8-7-14(20-15)12-3-5-13(19)6-4-12/h3-11,19H,1-2H3. The lowest BCUT2D eigenvalue weighted by atomic mass is 10.0. The Morgan fingerprint density at radius 1 is 1.10 bits per heavy atom. The SMILES string of the molecule is CC(C)(c1ccc(-c2ccc(O)cc2)s1)n1ccnc1. The Morgan fingerprint density at radius 3 is 2.50 bits per heavy atom. The van der Waals surface area contributed by atoms with Crippen molar-refractivity contribution in [2.45, 2.75) is 19.4 Å². The van der Waals surface area contributed by atoms with E-state index in [1.54, 1.807) is 29.7 Å². The molecule has 0 saturated heterocycles. The zero-order valence-corrected chi connectivity index (χ0v) is 12.3. The van der Waals surface area contributed by atoms with Crippen LogP contribution in [0, 0.1) is 0 Å². The number of aromatic hydroxyl groups is 1. The number of phenols is 1. The van der Waals surface area contributed by atoms with Crippen molar-refractivity contribution in [1.29, 1.82) is 0 Å². The highest BCUT2D eigenvalue weighted by Crippen LogP contribution is 2.36. The Hall–Kier alpha value is -2.07. The van der Waals surface area contributed by atoms with Crippen molar-refractivity contribution in [2.24, 2.45) is 0 Å². The summed E-state index contributed by atoms with van der Waals surface area (Å²) in [5.41, 5.74) is 1.01. The van der Waals surface area contributed by atoms with Gasteiger partial charge in [0.25, 0.3) is 0 Å². The summed E-state index contributed by atoms with van der Waals surface area (Å²) in [6.45, 7) is 4.36. The van der Waals surface area contributed by atoms with E-state index in [1.807, 2.05) is 24.7 Å². The number of thiophene rings is 1. The van der Waals surface area contributed by atoms with Crippen LogP contribution in [0.4, 0.5) is 0 Å². The lowest BCUT2D eigenvalue weighted by molar-refractivity contribution is 0.444. The Kier molecular flexibility index (Phi) is 3.10. The number of hydrogen-bond donors (Lipinski definition) is 1. The summed E-state index contributed by atoms with van der Waals surface area (Å²) >= 11 is 1.77. The Bertz CT molecular complexity index is 696. The molecule has 1 N–H and O–H groups in total. The van der Waals surface area contributed by atoms with Crippen LogP contribution in [0.15, 0.2) is 55.1 Å². The van der Waals surface area contributed by atoms with Gasteiger partial charge in [0.2, 0.25) is 0 Å². The lowest BCUT2D eigenvalue weighted by Crippen LogP contribution is -2.24. The van der Waals surface area contributed by atoms with Crippen molar-refractivity contribution in [3.05, 3.63) is 60.0 Å². The maximum atomic E-state index is 9.36. The van der Waals surface area contributed by atoms with Crippen molar-refractivity contribution in [3.63, 3.8) is 0 Å². The van der Waals surface area contributed by atoms with Gasteiger partial charge in [-0.15, -0.1) is 11.3 Å². The van der Waals surface area contributed by atoms with Crippen molar-refractivity contribution < 1.29 is 5.11 Å². The number of hydrogen-bond acceptors (Lipinski definition) is 3. The number of phenolic OH excluding ortho intramolecular Hbond substituents is 1. The summed E-state index contributed by atoms with van der Waals surface area (Å²) < 4.78 is 2.11. The van der Waals surface area contributed by atoms with Gasteiger partial charge in [0.05, 0.1) is 11.9 Å². The first-order valence-corrected chi connectivity index (χ1v) is 7.27. The minimum Gasteiger partial charge on any atom is -0.508 e. The van der Waals surface area contributed by atoms with Gasteiger partial charge >= 0.3 is 0 Å². The van der Waals surface area contributed by atoms with E-state index in [2.05, 4.69) is 35.5 Å². The molecule has 3 aromatic rings. The molecule has 0 atom stereocenters. The van der Waals surface area contributed by atoms with Crippen molar-refractivity contribution in [2.75, 3.05) is 0 Å². The molecule has 102 valence electrons. The maximum absolute atomic E-state index is 9.36. The summed E-state index contributed by atoms with van der Waals surface area (Å²) in [5, 5.41) is 9.36. The fraction of sp³-hybridized carbons (Fsp3) is 0.188. The Morgan fingerprint density at radius 2 is 1.85 bits per heavy atom. The topological polar surface area (TPSA) is 38.0 Å². The van der Waals surface area contributed by atoms with Gasteiger partial charge in [-0.2, -0.15) is 0 Å². The predicted molar refractivity (Wildman–Crippen MR) is 82.1 cm³/mol. The zero-order valence-electron chi connectivity index (χ0n) is 11.4. The van der Waals surface area contributed by atoms with E-state index in [4.69, 9.17) is 0 Å². The second-order valence-corrected chi connectivity index (χ2v) is 6.32. The molecule has 0 radical (unpaired) electrons. The highest BCUT2D eigenvalue weighted by atomic mass is 32.1. The number of benzene rings is 1. The van der Waals surface area contributed by atoms with E-state index in [1.165, 1.54) is 9.75 Å². The predicted octanol–water partition coefficient (Wildman–Crippen LogP) is 4.10. The van der Waals surface area contributed by atoms with Gasteiger partial charge in [0.15, 0.2) is 0 Å². The molecule has 1 aromatic carbocycles. The Balaban J connectivity index is 1.96. The fourth-order valence-electron chi connectivity index (χ4n) is 2.16. The van der Waals surface area contributed by atoms with Crippen LogP contribution in [0.5, 0.6) is 5.75 Å².